The fourth-order valence-electron chi connectivity index (χ4n) is 4.56. The van der Waals surface area contributed by atoms with E-state index in [0.29, 0.717) is 17.9 Å². The monoisotopic (exact) mass is 490 g/mol. The van der Waals surface area contributed by atoms with Gasteiger partial charge in [-0.3, -0.25) is 14.6 Å². The summed E-state index contributed by atoms with van der Waals surface area (Å²) in [6.07, 6.45) is 3.32. The predicted molar refractivity (Wildman–Crippen MR) is 140 cm³/mol. The Morgan fingerprint density at radius 1 is 0.919 bits per heavy atom. The van der Waals surface area contributed by atoms with E-state index in [-0.39, 0.29) is 17.9 Å². The second-order valence-corrected chi connectivity index (χ2v) is 8.95. The van der Waals surface area contributed by atoms with Gasteiger partial charge in [0, 0.05) is 24.5 Å². The lowest BCUT2D eigenvalue weighted by molar-refractivity contribution is -0.140. The fraction of sp³-hybridized carbons (Fsp3) is 0.129. The average Bonchev–Trinajstić information content (AvgIpc) is 3.18. The Balaban J connectivity index is 1.50. The van der Waals surface area contributed by atoms with Crippen molar-refractivity contribution in [2.24, 2.45) is 0 Å². The molecule has 1 aromatic heterocycles. The van der Waals surface area contributed by atoms with Gasteiger partial charge in [-0.05, 0) is 53.4 Å². The highest BCUT2D eigenvalue weighted by molar-refractivity contribution is 6.46. The second kappa shape index (κ2) is 10.5. The van der Waals surface area contributed by atoms with Crippen LogP contribution in [0.4, 0.5) is 0 Å². The summed E-state index contributed by atoms with van der Waals surface area (Å²) >= 11 is 0. The second-order valence-electron chi connectivity index (χ2n) is 8.95. The maximum atomic E-state index is 13.3. The van der Waals surface area contributed by atoms with Crippen molar-refractivity contribution >= 4 is 17.4 Å². The van der Waals surface area contributed by atoms with Crippen LogP contribution >= 0.6 is 0 Å². The number of pyridine rings is 1. The van der Waals surface area contributed by atoms with Gasteiger partial charge in [-0.25, -0.2) is 0 Å². The van der Waals surface area contributed by atoms with Crippen LogP contribution in [0.1, 0.15) is 33.9 Å². The highest BCUT2D eigenvalue weighted by Crippen LogP contribution is 2.40. The van der Waals surface area contributed by atoms with E-state index in [9.17, 15) is 14.7 Å². The summed E-state index contributed by atoms with van der Waals surface area (Å²) < 4.78 is 5.96. The molecule has 184 valence electrons. The Bertz CT molecular complexity index is 1450. The highest BCUT2D eigenvalue weighted by Gasteiger charge is 2.46. The van der Waals surface area contributed by atoms with Crippen molar-refractivity contribution in [1.29, 1.82) is 0 Å². The van der Waals surface area contributed by atoms with Crippen molar-refractivity contribution in [3.63, 3.8) is 0 Å². The smallest absolute Gasteiger partial charge is 0.295 e. The van der Waals surface area contributed by atoms with Crippen molar-refractivity contribution in [1.82, 2.24) is 9.88 Å². The van der Waals surface area contributed by atoms with Gasteiger partial charge in [0.05, 0.1) is 11.6 Å². The standard InChI is InChI=1S/C31H26N2O4/c1-21-17-25(14-15-26(21)37-20-22-9-4-2-5-10-22)29(34)27-28(24-12-6-3-7-13-24)33(31(36)30(27)35)19-23-11-8-16-32-18-23/h2-18,28,34H,19-20H2,1H3/b29-27+. The first-order chi connectivity index (χ1) is 18.0. The first-order valence-electron chi connectivity index (χ1n) is 12.0. The van der Waals surface area contributed by atoms with Crippen molar-refractivity contribution in [2.45, 2.75) is 26.1 Å². The quantitative estimate of drug-likeness (QED) is 0.208. The lowest BCUT2D eigenvalue weighted by atomic mass is 9.94. The van der Waals surface area contributed by atoms with E-state index in [4.69, 9.17) is 4.74 Å². The zero-order valence-electron chi connectivity index (χ0n) is 20.4. The molecule has 0 spiro atoms. The molecule has 1 fully saturated rings. The number of Topliss-reactive ketones (excluding diaryl/α,β-unsaturated/α-hetero) is 1. The number of aliphatic hydroxyl groups excluding tert-OH is 1. The number of amides is 1. The Labute approximate surface area is 215 Å². The van der Waals surface area contributed by atoms with Crippen LogP contribution in [0.3, 0.4) is 0 Å². The SMILES string of the molecule is Cc1cc(/C(O)=C2\C(=O)C(=O)N(Cc3cccnc3)C2c2ccccc2)ccc1OCc1ccccc1. The van der Waals surface area contributed by atoms with Gasteiger partial charge in [0.25, 0.3) is 11.7 Å². The number of rotatable bonds is 7. The molecule has 1 amide bonds. The first-order valence-corrected chi connectivity index (χ1v) is 12.0. The molecule has 2 heterocycles. The minimum Gasteiger partial charge on any atom is -0.507 e. The molecular weight excluding hydrogens is 464 g/mol. The van der Waals surface area contributed by atoms with Gasteiger partial charge >= 0.3 is 0 Å². The average molecular weight is 491 g/mol. The van der Waals surface area contributed by atoms with E-state index < -0.39 is 17.7 Å². The molecule has 1 aliphatic heterocycles. The number of likely N-dealkylation sites (tertiary alicyclic amines) is 1. The van der Waals surface area contributed by atoms with Crippen LogP contribution < -0.4 is 4.74 Å². The number of aliphatic hydroxyl groups is 1. The lowest BCUT2D eigenvalue weighted by Crippen LogP contribution is -2.29. The molecule has 0 aliphatic carbocycles. The molecule has 0 saturated carbocycles. The molecule has 6 heteroatoms. The largest absolute Gasteiger partial charge is 0.507 e. The normalized spacial score (nSPS) is 16.7. The fourth-order valence-corrected chi connectivity index (χ4v) is 4.56. The summed E-state index contributed by atoms with van der Waals surface area (Å²) in [6.45, 7) is 2.49. The maximum absolute atomic E-state index is 13.3. The molecule has 1 aliphatic rings. The summed E-state index contributed by atoms with van der Waals surface area (Å²) in [7, 11) is 0. The third kappa shape index (κ3) is 5.00. The zero-order valence-corrected chi connectivity index (χ0v) is 20.4. The van der Waals surface area contributed by atoms with Crippen LogP contribution in [-0.2, 0) is 22.7 Å². The number of carbonyl (C=O) groups is 2. The van der Waals surface area contributed by atoms with E-state index >= 15 is 0 Å². The Hall–Kier alpha value is -4.71. The molecule has 6 nitrogen and oxygen atoms in total. The highest BCUT2D eigenvalue weighted by atomic mass is 16.5. The minimum absolute atomic E-state index is 0.0671. The van der Waals surface area contributed by atoms with Gasteiger partial charge in [0.15, 0.2) is 0 Å². The Morgan fingerprint density at radius 2 is 1.62 bits per heavy atom. The molecule has 1 atom stereocenters. The van der Waals surface area contributed by atoms with Crippen molar-refractivity contribution in [3.05, 3.63) is 137 Å². The molecule has 4 aromatic rings. The molecule has 0 radical (unpaired) electrons. The van der Waals surface area contributed by atoms with Gasteiger partial charge < -0.3 is 14.7 Å². The molecule has 1 saturated heterocycles. The number of hydrogen-bond acceptors (Lipinski definition) is 5. The Kier molecular flexibility index (Phi) is 6.81. The number of ketones is 1. The van der Waals surface area contributed by atoms with E-state index in [1.165, 1.54) is 4.90 Å². The summed E-state index contributed by atoms with van der Waals surface area (Å²) in [4.78, 5) is 32.1. The summed E-state index contributed by atoms with van der Waals surface area (Å²) in [5, 5.41) is 11.4. The predicted octanol–water partition coefficient (Wildman–Crippen LogP) is 5.59. The van der Waals surface area contributed by atoms with Gasteiger partial charge in [-0.1, -0.05) is 66.7 Å². The number of benzene rings is 3. The van der Waals surface area contributed by atoms with Crippen LogP contribution in [0.2, 0.25) is 0 Å². The van der Waals surface area contributed by atoms with Crippen LogP contribution in [-0.4, -0.2) is 26.7 Å². The number of aromatic nitrogens is 1. The molecule has 5 rings (SSSR count). The lowest BCUT2D eigenvalue weighted by Gasteiger charge is -2.25. The molecule has 3 aromatic carbocycles. The minimum atomic E-state index is -0.726. The third-order valence-electron chi connectivity index (χ3n) is 6.42. The Morgan fingerprint density at radius 3 is 2.30 bits per heavy atom. The summed E-state index contributed by atoms with van der Waals surface area (Å²) in [6, 6.07) is 27.3. The van der Waals surface area contributed by atoms with Crippen LogP contribution in [0, 0.1) is 6.92 Å². The van der Waals surface area contributed by atoms with Gasteiger partial charge in [0.1, 0.15) is 18.1 Å². The van der Waals surface area contributed by atoms with E-state index in [0.717, 1.165) is 22.3 Å². The van der Waals surface area contributed by atoms with Crippen molar-refractivity contribution in [2.75, 3.05) is 0 Å². The number of ether oxygens (including phenoxy) is 1. The first kappa shape index (κ1) is 24.0. The molecule has 1 unspecified atom stereocenters. The zero-order chi connectivity index (χ0) is 25.8. The molecule has 0 bridgehead atoms. The van der Waals surface area contributed by atoms with Gasteiger partial charge in [0.2, 0.25) is 0 Å². The van der Waals surface area contributed by atoms with E-state index in [2.05, 4.69) is 4.98 Å². The van der Waals surface area contributed by atoms with Gasteiger partial charge in [-0.2, -0.15) is 0 Å². The summed E-state index contributed by atoms with van der Waals surface area (Å²) in [5.41, 5.74) is 3.90. The molecular formula is C31H26N2O4. The number of aryl methyl sites for hydroxylation is 1. The molecule has 37 heavy (non-hydrogen) atoms. The van der Waals surface area contributed by atoms with Crippen molar-refractivity contribution < 1.29 is 19.4 Å². The summed E-state index contributed by atoms with van der Waals surface area (Å²) in [5.74, 6) is -0.897. The topological polar surface area (TPSA) is 79.7 Å². The molecule has 1 N–H and O–H groups in total. The van der Waals surface area contributed by atoms with Crippen molar-refractivity contribution in [3.8, 4) is 5.75 Å². The number of carbonyl (C=O) groups excluding carboxylic acids is 2. The van der Waals surface area contributed by atoms with Gasteiger partial charge in [-0.15, -0.1) is 0 Å². The third-order valence-corrected chi connectivity index (χ3v) is 6.42. The number of nitrogens with zero attached hydrogens (tertiary/aromatic N) is 2. The maximum Gasteiger partial charge on any atom is 0.295 e. The van der Waals surface area contributed by atoms with E-state index in [1.54, 1.807) is 36.7 Å². The number of hydrogen-bond donors (Lipinski definition) is 1. The van der Waals surface area contributed by atoms with Crippen LogP contribution in [0.5, 0.6) is 5.75 Å². The van der Waals surface area contributed by atoms with Crippen LogP contribution in [0.15, 0.2) is 109 Å². The van der Waals surface area contributed by atoms with E-state index in [1.807, 2.05) is 73.7 Å². The van der Waals surface area contributed by atoms with Crippen LogP contribution in [0.25, 0.3) is 5.76 Å².